The molecular formula is C12H6Cl2IN3. The first kappa shape index (κ1) is 12.2. The molecule has 18 heavy (non-hydrogen) atoms. The van der Waals surface area contributed by atoms with Gasteiger partial charge >= 0.3 is 0 Å². The third-order valence-corrected chi connectivity index (χ3v) is 3.93. The molecule has 2 heterocycles. The number of nitrogens with zero attached hydrogens (tertiary/aromatic N) is 3. The zero-order valence-corrected chi connectivity index (χ0v) is 12.6. The molecule has 0 bridgehead atoms. The molecule has 3 nitrogen and oxygen atoms in total. The minimum atomic E-state index is 0.445. The monoisotopic (exact) mass is 389 g/mol. The largest absolute Gasteiger partial charge is 0.226 e. The lowest BCUT2D eigenvalue weighted by atomic mass is 10.2. The summed E-state index contributed by atoms with van der Waals surface area (Å²) < 4.78 is 2.65. The molecule has 0 amide bonds. The highest BCUT2D eigenvalue weighted by Crippen LogP contribution is 2.26. The highest BCUT2D eigenvalue weighted by atomic mass is 127. The third kappa shape index (κ3) is 2.08. The second-order valence-electron chi connectivity index (χ2n) is 3.68. The van der Waals surface area contributed by atoms with Crippen molar-refractivity contribution in [3.8, 4) is 11.3 Å². The minimum Gasteiger partial charge on any atom is -0.226 e. The van der Waals surface area contributed by atoms with Gasteiger partial charge in [0.15, 0.2) is 5.65 Å². The van der Waals surface area contributed by atoms with Gasteiger partial charge in [-0.1, -0.05) is 35.3 Å². The Morgan fingerprint density at radius 3 is 2.44 bits per heavy atom. The highest BCUT2D eigenvalue weighted by molar-refractivity contribution is 14.1. The van der Waals surface area contributed by atoms with Gasteiger partial charge in [-0.25, -0.2) is 9.50 Å². The molecule has 6 heteroatoms. The molecule has 90 valence electrons. The molecule has 2 aromatic heterocycles. The number of halogens is 3. The molecule has 0 N–H and O–H groups in total. The second-order valence-corrected chi connectivity index (χ2v) is 5.53. The lowest BCUT2D eigenvalue weighted by Crippen LogP contribution is -1.93. The smallest absolute Gasteiger partial charge is 0.155 e. The van der Waals surface area contributed by atoms with Crippen molar-refractivity contribution in [3.63, 3.8) is 0 Å². The van der Waals surface area contributed by atoms with E-state index in [1.54, 1.807) is 10.6 Å². The van der Waals surface area contributed by atoms with Crippen molar-refractivity contribution in [2.75, 3.05) is 0 Å². The normalized spacial score (nSPS) is 11.1. The average molecular weight is 390 g/mol. The van der Waals surface area contributed by atoms with Crippen LogP contribution in [0.1, 0.15) is 0 Å². The first-order valence-corrected chi connectivity index (χ1v) is 6.95. The predicted molar refractivity (Wildman–Crippen MR) is 81.2 cm³/mol. The lowest BCUT2D eigenvalue weighted by Gasteiger charge is -1.98. The summed E-state index contributed by atoms with van der Waals surface area (Å²) in [5.41, 5.74) is 2.65. The fraction of sp³-hybridized carbons (Fsp3) is 0. The van der Waals surface area contributed by atoms with Gasteiger partial charge in [-0.05, 0) is 46.9 Å². The molecule has 0 aliphatic heterocycles. The van der Waals surface area contributed by atoms with E-state index in [4.69, 9.17) is 23.2 Å². The number of imidazole rings is 1. The molecule has 1 aromatic carbocycles. The molecule has 0 aliphatic rings. The van der Waals surface area contributed by atoms with Gasteiger partial charge in [0.25, 0.3) is 0 Å². The van der Waals surface area contributed by atoms with Crippen molar-refractivity contribution in [2.45, 2.75) is 0 Å². The van der Waals surface area contributed by atoms with Crippen LogP contribution in [0.2, 0.25) is 10.2 Å². The van der Waals surface area contributed by atoms with Crippen LogP contribution in [0.3, 0.4) is 0 Å². The van der Waals surface area contributed by atoms with Crippen LogP contribution in [0.5, 0.6) is 0 Å². The zero-order valence-electron chi connectivity index (χ0n) is 8.94. The van der Waals surface area contributed by atoms with Crippen LogP contribution in [0.25, 0.3) is 16.9 Å². The van der Waals surface area contributed by atoms with Gasteiger partial charge < -0.3 is 0 Å². The Kier molecular flexibility index (Phi) is 3.17. The van der Waals surface area contributed by atoms with E-state index in [0.717, 1.165) is 20.6 Å². The molecule has 3 aromatic rings. The van der Waals surface area contributed by atoms with Crippen molar-refractivity contribution >= 4 is 51.4 Å². The quantitative estimate of drug-likeness (QED) is 0.580. The van der Waals surface area contributed by atoms with Gasteiger partial charge in [-0.15, -0.1) is 0 Å². The van der Waals surface area contributed by atoms with E-state index in [9.17, 15) is 0 Å². The van der Waals surface area contributed by atoms with E-state index in [1.807, 2.05) is 30.3 Å². The maximum Gasteiger partial charge on any atom is 0.155 e. The maximum atomic E-state index is 5.89. The van der Waals surface area contributed by atoms with Crippen LogP contribution in [0.15, 0.2) is 36.4 Å². The first-order chi connectivity index (χ1) is 8.65. The molecule has 0 saturated heterocycles. The number of fused-ring (bicyclic) bond motifs is 1. The van der Waals surface area contributed by atoms with Crippen LogP contribution >= 0.6 is 45.8 Å². The predicted octanol–water partition coefficient (Wildman–Crippen LogP) is 4.31. The summed E-state index contributed by atoms with van der Waals surface area (Å²) >= 11 is 14.0. The number of benzene rings is 1. The molecule has 0 radical (unpaired) electrons. The summed E-state index contributed by atoms with van der Waals surface area (Å²) in [5, 5.41) is 5.38. The van der Waals surface area contributed by atoms with E-state index in [-0.39, 0.29) is 0 Å². The average Bonchev–Trinajstić information content (AvgIpc) is 2.68. The summed E-state index contributed by atoms with van der Waals surface area (Å²) in [6.45, 7) is 0. The number of rotatable bonds is 1. The number of hydrogen-bond donors (Lipinski definition) is 0. The summed E-state index contributed by atoms with van der Waals surface area (Å²) in [6.07, 6.45) is 0. The number of hydrogen-bond acceptors (Lipinski definition) is 2. The summed E-state index contributed by atoms with van der Waals surface area (Å²) in [6, 6.07) is 11.1. The van der Waals surface area contributed by atoms with Gasteiger partial charge in [0.2, 0.25) is 0 Å². The topological polar surface area (TPSA) is 30.2 Å². The SMILES string of the molecule is Clc1ccc(-c2nc3ccc(Cl)nn3c2I)cc1. The van der Waals surface area contributed by atoms with E-state index < -0.39 is 0 Å². The second kappa shape index (κ2) is 4.68. The number of aromatic nitrogens is 3. The molecule has 0 unspecified atom stereocenters. The van der Waals surface area contributed by atoms with E-state index in [2.05, 4.69) is 32.7 Å². The van der Waals surface area contributed by atoms with Crippen molar-refractivity contribution < 1.29 is 0 Å². The van der Waals surface area contributed by atoms with Crippen molar-refractivity contribution in [2.24, 2.45) is 0 Å². The molecular weight excluding hydrogens is 384 g/mol. The van der Waals surface area contributed by atoms with Gasteiger partial charge in [0, 0.05) is 10.6 Å². The van der Waals surface area contributed by atoms with Crippen LogP contribution in [-0.4, -0.2) is 14.6 Å². The minimum absolute atomic E-state index is 0.445. The van der Waals surface area contributed by atoms with Crippen molar-refractivity contribution in [1.29, 1.82) is 0 Å². The summed E-state index contributed by atoms with van der Waals surface area (Å²) in [4.78, 5) is 4.54. The molecule has 0 aliphatic carbocycles. The summed E-state index contributed by atoms with van der Waals surface area (Å²) in [5.74, 6) is 0. The van der Waals surface area contributed by atoms with Crippen LogP contribution in [0.4, 0.5) is 0 Å². The zero-order chi connectivity index (χ0) is 12.7. The maximum absolute atomic E-state index is 5.89. The summed E-state index contributed by atoms with van der Waals surface area (Å²) in [7, 11) is 0. The lowest BCUT2D eigenvalue weighted by molar-refractivity contribution is 0.914. The Hall–Kier alpha value is -0.850. The van der Waals surface area contributed by atoms with Gasteiger partial charge in [-0.3, -0.25) is 0 Å². The van der Waals surface area contributed by atoms with E-state index in [0.29, 0.717) is 10.2 Å². The standard InChI is InChI=1S/C12H6Cl2IN3/c13-8-3-1-7(2-4-8)11-12(15)18-10(16-11)6-5-9(14)17-18/h1-6H. The van der Waals surface area contributed by atoms with Crippen LogP contribution in [-0.2, 0) is 0 Å². The molecule has 3 rings (SSSR count). The third-order valence-electron chi connectivity index (χ3n) is 2.51. The van der Waals surface area contributed by atoms with Crippen molar-refractivity contribution in [3.05, 3.63) is 50.3 Å². The molecule has 0 spiro atoms. The first-order valence-electron chi connectivity index (χ1n) is 5.12. The molecule has 0 fully saturated rings. The fourth-order valence-electron chi connectivity index (χ4n) is 1.68. The van der Waals surface area contributed by atoms with Crippen LogP contribution < -0.4 is 0 Å². The molecule has 0 saturated carbocycles. The molecule has 0 atom stereocenters. The highest BCUT2D eigenvalue weighted by Gasteiger charge is 2.12. The Morgan fingerprint density at radius 2 is 1.72 bits per heavy atom. The van der Waals surface area contributed by atoms with Gasteiger partial charge in [0.1, 0.15) is 14.5 Å². The van der Waals surface area contributed by atoms with Gasteiger partial charge in [0.05, 0.1) is 0 Å². The van der Waals surface area contributed by atoms with Crippen LogP contribution in [0, 0.1) is 3.70 Å². The van der Waals surface area contributed by atoms with E-state index >= 15 is 0 Å². The van der Waals surface area contributed by atoms with Gasteiger partial charge in [-0.2, -0.15) is 5.10 Å². The Labute approximate surface area is 127 Å². The Balaban J connectivity index is 2.23. The Morgan fingerprint density at radius 1 is 1.00 bits per heavy atom. The van der Waals surface area contributed by atoms with E-state index in [1.165, 1.54) is 0 Å². The Bertz CT molecular complexity index is 722. The fourth-order valence-corrected chi connectivity index (χ4v) is 2.73. The van der Waals surface area contributed by atoms with Crippen molar-refractivity contribution in [1.82, 2.24) is 14.6 Å².